The van der Waals surface area contributed by atoms with E-state index in [1.54, 1.807) is 13.1 Å². The third-order valence-corrected chi connectivity index (χ3v) is 4.92. The van der Waals surface area contributed by atoms with Crippen LogP contribution < -0.4 is 10.9 Å². The number of hydrogen-bond acceptors (Lipinski definition) is 4. The molecule has 4 rings (SSSR count). The van der Waals surface area contributed by atoms with Gasteiger partial charge in [0.2, 0.25) is 0 Å². The van der Waals surface area contributed by atoms with E-state index in [0.717, 1.165) is 30.0 Å². The molecule has 0 bridgehead atoms. The molecule has 1 aliphatic carbocycles. The van der Waals surface area contributed by atoms with Gasteiger partial charge in [0, 0.05) is 35.5 Å². The number of fused-ring (bicyclic) bond motifs is 1. The van der Waals surface area contributed by atoms with Crippen LogP contribution in [-0.2, 0) is 6.42 Å². The van der Waals surface area contributed by atoms with Gasteiger partial charge in [-0.15, -0.1) is 0 Å². The number of aryl methyl sites for hydroxylation is 1. The van der Waals surface area contributed by atoms with E-state index in [0.29, 0.717) is 17.3 Å². The molecule has 0 saturated carbocycles. The number of pyridine rings is 1. The molecule has 0 amide bonds. The topological polar surface area (TPSA) is 70.7 Å². The molecule has 1 aliphatic rings. The van der Waals surface area contributed by atoms with Gasteiger partial charge in [-0.05, 0) is 43.5 Å². The second-order valence-electron chi connectivity index (χ2n) is 6.54. The first-order valence-corrected chi connectivity index (χ1v) is 8.47. The average molecular weight is 332 g/mol. The molecule has 2 N–H and O–H groups in total. The van der Waals surface area contributed by atoms with Gasteiger partial charge in [-0.3, -0.25) is 4.79 Å². The Morgan fingerprint density at radius 3 is 2.76 bits per heavy atom. The van der Waals surface area contributed by atoms with Gasteiger partial charge in [0.05, 0.1) is 0 Å². The van der Waals surface area contributed by atoms with Crippen LogP contribution in [0.3, 0.4) is 0 Å². The highest BCUT2D eigenvalue weighted by Gasteiger charge is 2.24. The zero-order valence-electron chi connectivity index (χ0n) is 14.3. The fourth-order valence-corrected chi connectivity index (χ4v) is 3.19. The van der Waals surface area contributed by atoms with Crippen molar-refractivity contribution in [2.45, 2.75) is 26.2 Å². The number of aromatic amines is 1. The van der Waals surface area contributed by atoms with E-state index in [1.165, 1.54) is 11.1 Å². The summed E-state index contributed by atoms with van der Waals surface area (Å²) in [5.74, 6) is 1.94. The van der Waals surface area contributed by atoms with Crippen LogP contribution in [0.4, 0.5) is 5.82 Å². The van der Waals surface area contributed by atoms with Crippen molar-refractivity contribution in [2.24, 2.45) is 0 Å². The minimum atomic E-state index is -0.103. The lowest BCUT2D eigenvalue weighted by Crippen LogP contribution is -2.24. The first-order valence-electron chi connectivity index (χ1n) is 8.47. The van der Waals surface area contributed by atoms with Crippen molar-refractivity contribution < 1.29 is 0 Å². The maximum Gasteiger partial charge on any atom is 0.254 e. The molecule has 0 aliphatic heterocycles. The van der Waals surface area contributed by atoms with E-state index >= 15 is 0 Å². The summed E-state index contributed by atoms with van der Waals surface area (Å²) in [6, 6.07) is 12.4. The van der Waals surface area contributed by atoms with Gasteiger partial charge >= 0.3 is 0 Å². The smallest absolute Gasteiger partial charge is 0.254 e. The van der Waals surface area contributed by atoms with E-state index < -0.39 is 0 Å². The van der Waals surface area contributed by atoms with Crippen molar-refractivity contribution in [2.75, 3.05) is 11.9 Å². The summed E-state index contributed by atoms with van der Waals surface area (Å²) in [7, 11) is 0. The zero-order chi connectivity index (χ0) is 17.4. The summed E-state index contributed by atoms with van der Waals surface area (Å²) in [4.78, 5) is 23.6. The Morgan fingerprint density at radius 1 is 1.20 bits per heavy atom. The summed E-state index contributed by atoms with van der Waals surface area (Å²) >= 11 is 0. The molecule has 3 aromatic rings. The molecule has 2 aromatic heterocycles. The van der Waals surface area contributed by atoms with Gasteiger partial charge in [0.15, 0.2) is 0 Å². The van der Waals surface area contributed by atoms with E-state index in [9.17, 15) is 4.79 Å². The number of anilines is 1. The van der Waals surface area contributed by atoms with Crippen LogP contribution in [0.15, 0.2) is 47.4 Å². The van der Waals surface area contributed by atoms with E-state index in [1.807, 2.05) is 19.1 Å². The number of H-pyrrole nitrogens is 1. The molecule has 1 atom stereocenters. The molecular formula is C20H20N4O. The second-order valence-corrected chi connectivity index (χ2v) is 6.54. The molecule has 5 nitrogen and oxygen atoms in total. The SMILES string of the molecule is Cc1nc(-c2ccc(NC[C@H]3Cc4ccccc43)nc2)[nH]c(=O)c1C. The highest BCUT2D eigenvalue weighted by molar-refractivity contribution is 5.56. The van der Waals surface area contributed by atoms with Gasteiger partial charge < -0.3 is 10.3 Å². The second kappa shape index (κ2) is 6.16. The van der Waals surface area contributed by atoms with Crippen LogP contribution in [0.5, 0.6) is 0 Å². The highest BCUT2D eigenvalue weighted by Crippen LogP contribution is 2.34. The molecule has 126 valence electrons. The Hall–Kier alpha value is -2.95. The molecular weight excluding hydrogens is 312 g/mol. The Morgan fingerprint density at radius 2 is 2.04 bits per heavy atom. The predicted octanol–water partition coefficient (Wildman–Crippen LogP) is 3.20. The largest absolute Gasteiger partial charge is 0.369 e. The van der Waals surface area contributed by atoms with Crippen LogP contribution in [0, 0.1) is 13.8 Å². The third-order valence-electron chi connectivity index (χ3n) is 4.92. The fraction of sp³-hybridized carbons (Fsp3) is 0.250. The van der Waals surface area contributed by atoms with Gasteiger partial charge in [-0.1, -0.05) is 24.3 Å². The van der Waals surface area contributed by atoms with E-state index in [-0.39, 0.29) is 5.56 Å². The number of benzene rings is 1. The van der Waals surface area contributed by atoms with Crippen molar-refractivity contribution in [3.05, 3.63) is 75.3 Å². The van der Waals surface area contributed by atoms with Gasteiger partial charge in [0.1, 0.15) is 11.6 Å². The van der Waals surface area contributed by atoms with Crippen molar-refractivity contribution in [3.63, 3.8) is 0 Å². The number of rotatable bonds is 4. The Kier molecular flexibility index (Phi) is 3.84. The van der Waals surface area contributed by atoms with Crippen molar-refractivity contribution in [3.8, 4) is 11.4 Å². The van der Waals surface area contributed by atoms with Crippen molar-refractivity contribution >= 4 is 5.82 Å². The van der Waals surface area contributed by atoms with E-state index in [2.05, 4.69) is 44.5 Å². The first kappa shape index (κ1) is 15.6. The zero-order valence-corrected chi connectivity index (χ0v) is 14.3. The Balaban J connectivity index is 1.45. The van der Waals surface area contributed by atoms with Crippen molar-refractivity contribution in [1.82, 2.24) is 15.0 Å². The number of aromatic nitrogens is 3. The Labute approximate surface area is 146 Å². The summed E-state index contributed by atoms with van der Waals surface area (Å²) in [6.07, 6.45) is 2.86. The Bertz CT molecular complexity index is 976. The maximum absolute atomic E-state index is 11.9. The lowest BCUT2D eigenvalue weighted by Gasteiger charge is -2.30. The molecule has 0 unspecified atom stereocenters. The maximum atomic E-state index is 11.9. The molecule has 0 fully saturated rings. The van der Waals surface area contributed by atoms with Crippen LogP contribution in [0.1, 0.15) is 28.3 Å². The lowest BCUT2D eigenvalue weighted by atomic mass is 9.77. The monoisotopic (exact) mass is 332 g/mol. The standard InChI is InChI=1S/C20H20N4O/c1-12-13(2)23-19(24-20(12)25)15-7-8-18(21-10-15)22-11-16-9-14-5-3-4-6-17(14)16/h3-8,10,16H,9,11H2,1-2H3,(H,21,22)(H,23,24,25)/t16-/m1/s1. The molecule has 5 heteroatoms. The first-order chi connectivity index (χ1) is 12.1. The molecule has 0 saturated heterocycles. The van der Waals surface area contributed by atoms with Gasteiger partial charge in [-0.2, -0.15) is 0 Å². The molecule has 0 radical (unpaired) electrons. The van der Waals surface area contributed by atoms with Crippen molar-refractivity contribution in [1.29, 1.82) is 0 Å². The molecule has 25 heavy (non-hydrogen) atoms. The minimum Gasteiger partial charge on any atom is -0.369 e. The van der Waals surface area contributed by atoms with Crippen LogP contribution >= 0.6 is 0 Å². The fourth-order valence-electron chi connectivity index (χ4n) is 3.19. The van der Waals surface area contributed by atoms with Gasteiger partial charge in [-0.25, -0.2) is 9.97 Å². The summed E-state index contributed by atoms with van der Waals surface area (Å²) in [5, 5.41) is 3.39. The average Bonchev–Trinajstić information content (AvgIpc) is 2.60. The highest BCUT2D eigenvalue weighted by atomic mass is 16.1. The van der Waals surface area contributed by atoms with Gasteiger partial charge in [0.25, 0.3) is 5.56 Å². The lowest BCUT2D eigenvalue weighted by molar-refractivity contribution is 0.634. The van der Waals surface area contributed by atoms with E-state index in [4.69, 9.17) is 0 Å². The molecule has 2 heterocycles. The minimum absolute atomic E-state index is 0.103. The quantitative estimate of drug-likeness (QED) is 0.770. The number of hydrogen-bond donors (Lipinski definition) is 2. The van der Waals surface area contributed by atoms with Crippen LogP contribution in [-0.4, -0.2) is 21.5 Å². The normalized spacial score (nSPS) is 15.4. The number of nitrogens with zero attached hydrogens (tertiary/aromatic N) is 2. The molecule has 0 spiro atoms. The summed E-state index contributed by atoms with van der Waals surface area (Å²) in [5.41, 5.74) is 4.97. The van der Waals surface area contributed by atoms with Crippen LogP contribution in [0.25, 0.3) is 11.4 Å². The third kappa shape index (κ3) is 2.93. The predicted molar refractivity (Wildman–Crippen MR) is 98.9 cm³/mol. The summed E-state index contributed by atoms with van der Waals surface area (Å²) < 4.78 is 0. The molecule has 1 aromatic carbocycles. The van der Waals surface area contributed by atoms with Crippen LogP contribution in [0.2, 0.25) is 0 Å². The number of nitrogens with one attached hydrogen (secondary N) is 2. The summed E-state index contributed by atoms with van der Waals surface area (Å²) in [6.45, 7) is 4.49.